The molecule has 2 unspecified atom stereocenters. The molecule has 1 aliphatic carbocycles. The fraction of sp³-hybridized carbons (Fsp3) is 0.0588. The summed E-state index contributed by atoms with van der Waals surface area (Å²) < 4.78 is 2.41. The summed E-state index contributed by atoms with van der Waals surface area (Å²) in [6.07, 6.45) is 7.18. The van der Waals surface area contributed by atoms with Crippen molar-refractivity contribution in [1.29, 1.82) is 0 Å². The van der Waals surface area contributed by atoms with Crippen molar-refractivity contribution in [2.45, 2.75) is 18.9 Å². The van der Waals surface area contributed by atoms with Gasteiger partial charge in [-0.2, -0.15) is 0 Å². The summed E-state index contributed by atoms with van der Waals surface area (Å²) >= 11 is 0. The lowest BCUT2D eigenvalue weighted by molar-refractivity contribution is 0.747. The highest BCUT2D eigenvalue weighted by molar-refractivity contribution is 6.11. The summed E-state index contributed by atoms with van der Waals surface area (Å²) in [6.45, 7) is 6.31. The van der Waals surface area contributed by atoms with Crippen LogP contribution in [0.4, 0.5) is 11.4 Å². The number of anilines is 2. The third kappa shape index (κ3) is 5.26. The van der Waals surface area contributed by atoms with Crippen LogP contribution in [-0.2, 0) is 0 Å². The number of nitrogens with zero attached hydrogens (tertiary/aromatic N) is 2. The van der Waals surface area contributed by atoms with Crippen LogP contribution in [0.5, 0.6) is 0 Å². The molecule has 0 spiro atoms. The molecule has 7 aromatic carbocycles. The van der Waals surface area contributed by atoms with E-state index in [0.29, 0.717) is 0 Å². The molecule has 2 nitrogen and oxygen atoms in total. The van der Waals surface area contributed by atoms with E-state index in [0.717, 1.165) is 16.8 Å². The van der Waals surface area contributed by atoms with Gasteiger partial charge in [-0.05, 0) is 112 Å². The zero-order chi connectivity index (χ0) is 35.5. The van der Waals surface area contributed by atoms with Crippen molar-refractivity contribution in [3.05, 3.63) is 211 Å². The van der Waals surface area contributed by atoms with Crippen molar-refractivity contribution in [2.75, 3.05) is 4.90 Å². The molecule has 2 aliphatic rings. The first-order chi connectivity index (χ1) is 26.1. The number of fused-ring (bicyclic) bond motifs is 6. The normalized spacial score (nSPS) is 16.1. The molecule has 252 valence electrons. The Morgan fingerprint density at radius 1 is 0.528 bits per heavy atom. The molecule has 0 N–H and O–H groups in total. The Morgan fingerprint density at radius 3 is 1.79 bits per heavy atom. The molecule has 0 bridgehead atoms. The Balaban J connectivity index is 1.15. The van der Waals surface area contributed by atoms with E-state index in [9.17, 15) is 0 Å². The molecule has 2 heterocycles. The minimum absolute atomic E-state index is 0.210. The van der Waals surface area contributed by atoms with E-state index in [-0.39, 0.29) is 12.0 Å². The molecule has 2 atom stereocenters. The van der Waals surface area contributed by atoms with Gasteiger partial charge in [0.1, 0.15) is 0 Å². The van der Waals surface area contributed by atoms with Gasteiger partial charge >= 0.3 is 0 Å². The van der Waals surface area contributed by atoms with E-state index in [2.05, 4.69) is 211 Å². The molecular formula is C51H38N2. The minimum atomic E-state index is 0.210. The summed E-state index contributed by atoms with van der Waals surface area (Å²) in [5.41, 5.74) is 17.0. The molecule has 2 heteroatoms. The van der Waals surface area contributed by atoms with Gasteiger partial charge in [-0.3, -0.25) is 0 Å². The van der Waals surface area contributed by atoms with E-state index < -0.39 is 0 Å². The molecule has 53 heavy (non-hydrogen) atoms. The van der Waals surface area contributed by atoms with Crippen molar-refractivity contribution in [1.82, 2.24) is 4.57 Å². The second-order valence-corrected chi connectivity index (χ2v) is 14.3. The van der Waals surface area contributed by atoms with Crippen molar-refractivity contribution in [3.63, 3.8) is 0 Å². The highest BCUT2D eigenvalue weighted by atomic mass is 15.2. The largest absolute Gasteiger partial charge is 0.333 e. The molecule has 0 amide bonds. The summed E-state index contributed by atoms with van der Waals surface area (Å²) in [7, 11) is 0. The van der Waals surface area contributed by atoms with Gasteiger partial charge in [0, 0.05) is 33.8 Å². The van der Waals surface area contributed by atoms with Crippen LogP contribution < -0.4 is 4.90 Å². The first-order valence-corrected chi connectivity index (χ1v) is 18.4. The lowest BCUT2D eigenvalue weighted by atomic mass is 9.85. The Morgan fingerprint density at radius 2 is 1.11 bits per heavy atom. The maximum atomic E-state index is 4.23. The van der Waals surface area contributed by atoms with Crippen LogP contribution in [0, 0.1) is 0 Å². The van der Waals surface area contributed by atoms with Crippen molar-refractivity contribution in [3.8, 4) is 27.9 Å². The van der Waals surface area contributed by atoms with Gasteiger partial charge in [-0.1, -0.05) is 140 Å². The molecule has 10 rings (SSSR count). The predicted molar refractivity (Wildman–Crippen MR) is 225 cm³/mol. The first kappa shape index (κ1) is 31.1. The second kappa shape index (κ2) is 12.5. The summed E-state index contributed by atoms with van der Waals surface area (Å²) in [5.74, 6) is 0.227. The smallest absolute Gasteiger partial charge is 0.0630 e. The molecule has 0 fully saturated rings. The zero-order valence-electron chi connectivity index (χ0n) is 29.7. The average molecular weight is 679 g/mol. The average Bonchev–Trinajstić information content (AvgIpc) is 3.73. The lowest BCUT2D eigenvalue weighted by Crippen LogP contribution is -2.28. The van der Waals surface area contributed by atoms with Crippen LogP contribution in [0.15, 0.2) is 195 Å². The highest BCUT2D eigenvalue weighted by Crippen LogP contribution is 2.50. The van der Waals surface area contributed by atoms with Crippen LogP contribution in [0.25, 0.3) is 60.9 Å². The molecule has 0 saturated carbocycles. The van der Waals surface area contributed by atoms with Gasteiger partial charge in [0.05, 0.1) is 17.1 Å². The van der Waals surface area contributed by atoms with E-state index in [1.165, 1.54) is 72.1 Å². The molecule has 1 aliphatic heterocycles. The van der Waals surface area contributed by atoms with Gasteiger partial charge in [0.15, 0.2) is 0 Å². The van der Waals surface area contributed by atoms with Crippen LogP contribution in [0.1, 0.15) is 29.5 Å². The summed E-state index contributed by atoms with van der Waals surface area (Å²) in [6, 6.07) is 62.2. The topological polar surface area (TPSA) is 8.17 Å². The van der Waals surface area contributed by atoms with E-state index in [1.807, 2.05) is 0 Å². The Kier molecular flexibility index (Phi) is 7.37. The number of aromatic nitrogens is 1. The van der Waals surface area contributed by atoms with Gasteiger partial charge in [-0.15, -0.1) is 0 Å². The van der Waals surface area contributed by atoms with Crippen molar-refractivity contribution < 1.29 is 0 Å². The van der Waals surface area contributed by atoms with Gasteiger partial charge in [-0.25, -0.2) is 0 Å². The van der Waals surface area contributed by atoms with Crippen LogP contribution in [0.2, 0.25) is 0 Å². The number of allylic oxidation sites excluding steroid dienone is 3. The lowest BCUT2D eigenvalue weighted by Gasteiger charge is -2.29. The predicted octanol–water partition coefficient (Wildman–Crippen LogP) is 13.4. The quantitative estimate of drug-likeness (QED) is 0.170. The third-order valence-corrected chi connectivity index (χ3v) is 11.1. The van der Waals surface area contributed by atoms with Gasteiger partial charge < -0.3 is 9.47 Å². The summed E-state index contributed by atoms with van der Waals surface area (Å²) in [4.78, 5) is 2.51. The zero-order valence-corrected chi connectivity index (χ0v) is 29.7. The van der Waals surface area contributed by atoms with Crippen LogP contribution in [0.3, 0.4) is 0 Å². The fourth-order valence-electron chi connectivity index (χ4n) is 8.50. The molecule has 1 aromatic heterocycles. The van der Waals surface area contributed by atoms with E-state index in [4.69, 9.17) is 0 Å². The van der Waals surface area contributed by atoms with Crippen LogP contribution in [-0.4, -0.2) is 10.6 Å². The Labute approximate surface area is 310 Å². The highest BCUT2D eigenvalue weighted by Gasteiger charge is 2.38. The minimum Gasteiger partial charge on any atom is -0.333 e. The second-order valence-electron chi connectivity index (χ2n) is 14.3. The fourth-order valence-corrected chi connectivity index (χ4v) is 8.50. The van der Waals surface area contributed by atoms with Gasteiger partial charge in [0.25, 0.3) is 0 Å². The maximum Gasteiger partial charge on any atom is 0.0630 e. The maximum absolute atomic E-state index is 4.23. The standard InChI is InChI=1S/C51H38N2/c1-34(2)37-17-12-20-43(29-37)53-50-26-22-39(36-15-8-4-9-16-36)31-45(50)47-33-41(24-28-51(47)53)40-23-27-49-46(32-40)44-30-38(35-13-6-3-7-14-35)21-25-48(44)52(49)42-18-10-5-11-19-42/h3-33,44,48H,1H2,2H3. The number of benzene rings is 7. The number of rotatable bonds is 6. The molecular weight excluding hydrogens is 641 g/mol. The Hall–Kier alpha value is -6.64. The first-order valence-electron chi connectivity index (χ1n) is 18.4. The van der Waals surface area contributed by atoms with E-state index >= 15 is 0 Å². The Bertz CT molecular complexity index is 2750. The number of hydrogen-bond acceptors (Lipinski definition) is 1. The van der Waals surface area contributed by atoms with Crippen LogP contribution >= 0.6 is 0 Å². The molecule has 8 aromatic rings. The molecule has 0 radical (unpaired) electrons. The van der Waals surface area contributed by atoms with Crippen molar-refractivity contribution >= 4 is 44.3 Å². The number of para-hydroxylation sites is 1. The molecule has 0 saturated heterocycles. The SMILES string of the molecule is C=C(C)c1cccc(-n2c3ccc(-c4ccccc4)cc3c3cc(-c4ccc5c(c4)C4C=C(c6ccccc6)C=CC4N5c4ccccc4)ccc32)c1. The van der Waals surface area contributed by atoms with Crippen molar-refractivity contribution in [2.24, 2.45) is 0 Å². The van der Waals surface area contributed by atoms with E-state index in [1.54, 1.807) is 0 Å². The third-order valence-electron chi connectivity index (χ3n) is 11.1. The number of hydrogen-bond donors (Lipinski definition) is 0. The summed E-state index contributed by atoms with van der Waals surface area (Å²) in [5, 5.41) is 2.49. The van der Waals surface area contributed by atoms with Gasteiger partial charge in [0.2, 0.25) is 0 Å². The monoisotopic (exact) mass is 678 g/mol.